The van der Waals surface area contributed by atoms with Crippen molar-refractivity contribution in [2.75, 3.05) is 24.8 Å². The number of rotatable bonds is 9. The first-order valence-corrected chi connectivity index (χ1v) is 9.89. The van der Waals surface area contributed by atoms with Gasteiger partial charge in [-0.05, 0) is 56.7 Å². The van der Waals surface area contributed by atoms with Crippen molar-refractivity contribution >= 4 is 29.1 Å². The molecule has 0 aromatic heterocycles. The highest BCUT2D eigenvalue weighted by Crippen LogP contribution is 2.27. The van der Waals surface area contributed by atoms with E-state index in [0.717, 1.165) is 16.9 Å². The molecule has 2 aromatic rings. The van der Waals surface area contributed by atoms with E-state index in [4.69, 9.17) is 9.47 Å². The van der Waals surface area contributed by atoms with E-state index in [2.05, 4.69) is 5.32 Å². The normalized spacial score (nSPS) is 10.4. The van der Waals surface area contributed by atoms with Gasteiger partial charge in [-0.2, -0.15) is 0 Å². The molecular formula is C21H25NO4S. The molecule has 0 atom stereocenters. The maximum atomic E-state index is 12.3. The predicted octanol–water partition coefficient (Wildman–Crippen LogP) is 4.48. The maximum Gasteiger partial charge on any atom is 0.234 e. The zero-order chi connectivity index (χ0) is 19.8. The average molecular weight is 388 g/mol. The number of carbonyl (C=O) groups is 2. The average Bonchev–Trinajstić information content (AvgIpc) is 2.63. The minimum Gasteiger partial charge on any atom is -0.495 e. The molecular weight excluding hydrogens is 362 g/mol. The molecule has 0 spiro atoms. The molecule has 0 saturated carbocycles. The van der Waals surface area contributed by atoms with Gasteiger partial charge in [0.25, 0.3) is 0 Å². The van der Waals surface area contributed by atoms with Crippen LogP contribution in [0.15, 0.2) is 36.4 Å². The van der Waals surface area contributed by atoms with E-state index in [0.29, 0.717) is 29.4 Å². The van der Waals surface area contributed by atoms with Crippen molar-refractivity contribution in [3.63, 3.8) is 0 Å². The summed E-state index contributed by atoms with van der Waals surface area (Å²) < 4.78 is 10.9. The quantitative estimate of drug-likeness (QED) is 0.643. The Bertz CT molecular complexity index is 820. The fourth-order valence-corrected chi connectivity index (χ4v) is 3.37. The Kier molecular flexibility index (Phi) is 7.73. The third-order valence-electron chi connectivity index (χ3n) is 3.89. The van der Waals surface area contributed by atoms with Gasteiger partial charge in [0.2, 0.25) is 5.91 Å². The molecule has 0 unspecified atom stereocenters. The molecule has 2 rings (SSSR count). The molecule has 0 radical (unpaired) electrons. The van der Waals surface area contributed by atoms with Gasteiger partial charge in [0.05, 0.1) is 25.2 Å². The van der Waals surface area contributed by atoms with Gasteiger partial charge >= 0.3 is 0 Å². The molecule has 27 heavy (non-hydrogen) atoms. The van der Waals surface area contributed by atoms with Crippen LogP contribution in [0.3, 0.4) is 0 Å². The first-order valence-electron chi connectivity index (χ1n) is 8.73. The smallest absolute Gasteiger partial charge is 0.234 e. The predicted molar refractivity (Wildman–Crippen MR) is 110 cm³/mol. The van der Waals surface area contributed by atoms with Gasteiger partial charge in [-0.25, -0.2) is 0 Å². The van der Waals surface area contributed by atoms with Crippen LogP contribution in [0, 0.1) is 6.92 Å². The molecule has 1 amide bonds. The Balaban J connectivity index is 1.99. The van der Waals surface area contributed by atoms with Crippen LogP contribution in [0.25, 0.3) is 0 Å². The van der Waals surface area contributed by atoms with Crippen molar-refractivity contribution in [1.82, 2.24) is 0 Å². The Morgan fingerprint density at radius 1 is 1.11 bits per heavy atom. The molecule has 1 N–H and O–H groups in total. The van der Waals surface area contributed by atoms with Crippen molar-refractivity contribution in [3.05, 3.63) is 53.1 Å². The number of hydrogen-bond donors (Lipinski definition) is 1. The van der Waals surface area contributed by atoms with Crippen LogP contribution in [-0.4, -0.2) is 31.2 Å². The highest BCUT2D eigenvalue weighted by Gasteiger charge is 2.11. The Labute approximate surface area is 164 Å². The van der Waals surface area contributed by atoms with Crippen LogP contribution in [0.2, 0.25) is 0 Å². The summed E-state index contributed by atoms with van der Waals surface area (Å²) >= 11 is 1.47. The number of amides is 1. The molecule has 5 nitrogen and oxygen atoms in total. The van der Waals surface area contributed by atoms with Crippen LogP contribution >= 0.6 is 11.8 Å². The maximum absolute atomic E-state index is 12.3. The van der Waals surface area contributed by atoms with E-state index in [1.54, 1.807) is 13.2 Å². The van der Waals surface area contributed by atoms with Crippen LogP contribution in [0.5, 0.6) is 11.5 Å². The number of ketones is 1. The second-order valence-corrected chi connectivity index (χ2v) is 7.04. The second kappa shape index (κ2) is 10.0. The highest BCUT2D eigenvalue weighted by atomic mass is 32.2. The molecule has 0 aliphatic rings. The van der Waals surface area contributed by atoms with E-state index >= 15 is 0 Å². The number of ether oxygens (including phenoxy) is 2. The van der Waals surface area contributed by atoms with E-state index in [-0.39, 0.29) is 17.4 Å². The highest BCUT2D eigenvalue weighted by molar-refractivity contribution is 7.99. The Hall–Kier alpha value is -2.47. The molecule has 2 aromatic carbocycles. The van der Waals surface area contributed by atoms with E-state index < -0.39 is 0 Å². The minimum atomic E-state index is -0.107. The molecule has 0 aliphatic heterocycles. The van der Waals surface area contributed by atoms with Gasteiger partial charge in [-0.15, -0.1) is 11.8 Å². The van der Waals surface area contributed by atoms with Crippen LogP contribution in [0.1, 0.15) is 35.3 Å². The fraction of sp³-hybridized carbons (Fsp3) is 0.333. The molecule has 0 aliphatic carbocycles. The first kappa shape index (κ1) is 20.8. The summed E-state index contributed by atoms with van der Waals surface area (Å²) in [4.78, 5) is 23.9. The Morgan fingerprint density at radius 2 is 1.85 bits per heavy atom. The number of methoxy groups -OCH3 is 1. The monoisotopic (exact) mass is 387 g/mol. The van der Waals surface area contributed by atoms with E-state index in [1.807, 2.05) is 44.2 Å². The van der Waals surface area contributed by atoms with Crippen molar-refractivity contribution in [3.8, 4) is 11.5 Å². The zero-order valence-electron chi connectivity index (χ0n) is 16.1. The van der Waals surface area contributed by atoms with Crippen LogP contribution < -0.4 is 14.8 Å². The summed E-state index contributed by atoms with van der Waals surface area (Å²) in [6.45, 7) is 5.96. The van der Waals surface area contributed by atoms with E-state index in [1.165, 1.54) is 18.7 Å². The SMILES string of the molecule is CCOc1ccc(C(C)=O)cc1CSCC(=O)Nc1cc(C)ccc1OC. The van der Waals surface area contributed by atoms with Crippen molar-refractivity contribution < 1.29 is 19.1 Å². The summed E-state index contributed by atoms with van der Waals surface area (Å²) in [5.74, 6) is 2.14. The lowest BCUT2D eigenvalue weighted by Gasteiger charge is -2.12. The van der Waals surface area contributed by atoms with E-state index in [9.17, 15) is 9.59 Å². The van der Waals surface area contributed by atoms with Gasteiger partial charge < -0.3 is 14.8 Å². The minimum absolute atomic E-state index is 0.00795. The molecule has 0 bridgehead atoms. The largest absolute Gasteiger partial charge is 0.495 e. The molecule has 144 valence electrons. The lowest BCUT2D eigenvalue weighted by Crippen LogP contribution is -2.15. The number of carbonyl (C=O) groups excluding carboxylic acids is 2. The number of benzene rings is 2. The lowest BCUT2D eigenvalue weighted by atomic mass is 10.1. The van der Waals surface area contributed by atoms with Crippen LogP contribution in [0.4, 0.5) is 5.69 Å². The number of thioether (sulfide) groups is 1. The Morgan fingerprint density at radius 3 is 2.52 bits per heavy atom. The summed E-state index contributed by atoms with van der Waals surface area (Å²) in [5.41, 5.74) is 3.26. The van der Waals surface area contributed by atoms with Crippen LogP contribution in [-0.2, 0) is 10.5 Å². The molecule has 6 heteroatoms. The summed E-state index contributed by atoms with van der Waals surface area (Å²) in [6, 6.07) is 11.1. The third-order valence-corrected chi connectivity index (χ3v) is 4.87. The third kappa shape index (κ3) is 6.03. The van der Waals surface area contributed by atoms with Crippen molar-refractivity contribution in [2.24, 2.45) is 0 Å². The summed E-state index contributed by atoms with van der Waals surface area (Å²) in [5, 5.41) is 2.89. The number of nitrogens with one attached hydrogen (secondary N) is 1. The van der Waals surface area contributed by atoms with Gasteiger partial charge in [0, 0.05) is 16.9 Å². The van der Waals surface area contributed by atoms with Gasteiger partial charge in [-0.3, -0.25) is 9.59 Å². The summed E-state index contributed by atoms with van der Waals surface area (Å²) in [7, 11) is 1.58. The first-order chi connectivity index (χ1) is 12.9. The summed E-state index contributed by atoms with van der Waals surface area (Å²) in [6.07, 6.45) is 0. The number of aryl methyl sites for hydroxylation is 1. The standard InChI is InChI=1S/C21H25NO4S/c1-5-26-19-9-7-16(15(3)23)11-17(19)12-27-13-21(24)22-18-10-14(2)6-8-20(18)25-4/h6-11H,5,12-13H2,1-4H3,(H,22,24). The molecule has 0 heterocycles. The van der Waals surface area contributed by atoms with Gasteiger partial charge in [0.15, 0.2) is 5.78 Å². The number of Topliss-reactive ketones (excluding diaryl/α,β-unsaturated/α-hetero) is 1. The number of hydrogen-bond acceptors (Lipinski definition) is 5. The number of anilines is 1. The van der Waals surface area contributed by atoms with Gasteiger partial charge in [-0.1, -0.05) is 6.07 Å². The van der Waals surface area contributed by atoms with Crippen molar-refractivity contribution in [1.29, 1.82) is 0 Å². The van der Waals surface area contributed by atoms with Gasteiger partial charge in [0.1, 0.15) is 11.5 Å². The van der Waals surface area contributed by atoms with Crippen molar-refractivity contribution in [2.45, 2.75) is 26.5 Å². The topological polar surface area (TPSA) is 64.6 Å². The fourth-order valence-electron chi connectivity index (χ4n) is 2.57. The zero-order valence-corrected chi connectivity index (χ0v) is 16.9. The second-order valence-electron chi connectivity index (χ2n) is 6.06. The molecule has 0 fully saturated rings. The molecule has 0 saturated heterocycles. The lowest BCUT2D eigenvalue weighted by molar-refractivity contribution is -0.113.